The topological polar surface area (TPSA) is 44.4 Å². The molecular weight excluding hydrogens is 142 g/mol. The minimum Gasteiger partial charge on any atom is -0.349 e. The van der Waals surface area contributed by atoms with E-state index in [2.05, 4.69) is 10.9 Å². The molecule has 1 heterocycles. The van der Waals surface area contributed by atoms with Crippen molar-refractivity contribution in [2.24, 2.45) is 5.92 Å². The second-order valence-electron chi connectivity index (χ2n) is 3.03. The molecule has 0 radical (unpaired) electrons. The highest BCUT2D eigenvalue weighted by atomic mass is 16.2. The van der Waals surface area contributed by atoms with E-state index in [-0.39, 0.29) is 11.8 Å². The molecule has 1 saturated heterocycles. The van der Waals surface area contributed by atoms with Gasteiger partial charge in [-0.05, 0) is 6.42 Å². The van der Waals surface area contributed by atoms with Gasteiger partial charge in [0.15, 0.2) is 0 Å². The molecule has 0 bridgehead atoms. The summed E-state index contributed by atoms with van der Waals surface area (Å²) >= 11 is 0. The van der Waals surface area contributed by atoms with E-state index < -0.39 is 0 Å². The fourth-order valence-corrected chi connectivity index (χ4v) is 1.21. The zero-order chi connectivity index (χ0) is 8.27. The number of amides is 1. The van der Waals surface area contributed by atoms with Crippen LogP contribution in [0, 0.1) is 5.92 Å². The third kappa shape index (κ3) is 2.17. The molecular formula is C7H15N3O. The minimum atomic E-state index is 0.159. The van der Waals surface area contributed by atoms with Crippen molar-refractivity contribution >= 4 is 5.91 Å². The van der Waals surface area contributed by atoms with E-state index >= 15 is 0 Å². The lowest BCUT2D eigenvalue weighted by molar-refractivity contribution is -0.133. The SMILES string of the molecule is CN(C)C(=O)C1CCNNC1. The lowest BCUT2D eigenvalue weighted by Gasteiger charge is -2.25. The molecule has 0 aromatic rings. The van der Waals surface area contributed by atoms with Crippen molar-refractivity contribution in [1.82, 2.24) is 15.8 Å². The molecule has 0 aromatic carbocycles. The van der Waals surface area contributed by atoms with Gasteiger partial charge in [0.05, 0.1) is 5.92 Å². The summed E-state index contributed by atoms with van der Waals surface area (Å²) in [5.74, 6) is 0.380. The van der Waals surface area contributed by atoms with Crippen LogP contribution in [0.2, 0.25) is 0 Å². The van der Waals surface area contributed by atoms with Crippen LogP contribution >= 0.6 is 0 Å². The summed E-state index contributed by atoms with van der Waals surface area (Å²) in [4.78, 5) is 13.0. The van der Waals surface area contributed by atoms with Gasteiger partial charge < -0.3 is 4.90 Å². The van der Waals surface area contributed by atoms with Gasteiger partial charge in [-0.1, -0.05) is 0 Å². The van der Waals surface area contributed by atoms with Crippen molar-refractivity contribution in [3.8, 4) is 0 Å². The summed E-state index contributed by atoms with van der Waals surface area (Å²) in [6.45, 7) is 1.63. The van der Waals surface area contributed by atoms with Gasteiger partial charge in [-0.25, -0.2) is 0 Å². The average molecular weight is 157 g/mol. The second-order valence-corrected chi connectivity index (χ2v) is 3.03. The summed E-state index contributed by atoms with van der Waals surface area (Å²) in [6.07, 6.45) is 0.935. The van der Waals surface area contributed by atoms with Gasteiger partial charge in [-0.15, -0.1) is 0 Å². The Hall–Kier alpha value is -0.610. The highest BCUT2D eigenvalue weighted by Gasteiger charge is 2.21. The Bertz CT molecular complexity index is 141. The molecule has 1 amide bonds. The monoisotopic (exact) mass is 157 g/mol. The van der Waals surface area contributed by atoms with Gasteiger partial charge in [0.2, 0.25) is 5.91 Å². The van der Waals surface area contributed by atoms with E-state index in [0.717, 1.165) is 19.5 Å². The molecule has 0 aliphatic carbocycles. The maximum absolute atomic E-state index is 11.4. The molecule has 1 aliphatic heterocycles. The molecule has 1 rings (SSSR count). The molecule has 64 valence electrons. The predicted molar refractivity (Wildman–Crippen MR) is 42.8 cm³/mol. The van der Waals surface area contributed by atoms with Crippen molar-refractivity contribution in [3.05, 3.63) is 0 Å². The molecule has 4 nitrogen and oxygen atoms in total. The van der Waals surface area contributed by atoms with Crippen LogP contribution in [-0.4, -0.2) is 38.0 Å². The van der Waals surface area contributed by atoms with Gasteiger partial charge in [0, 0.05) is 27.2 Å². The third-order valence-electron chi connectivity index (χ3n) is 1.88. The molecule has 0 spiro atoms. The number of carbonyl (C=O) groups excluding carboxylic acids is 1. The number of carbonyl (C=O) groups is 1. The summed E-state index contributed by atoms with van der Waals surface area (Å²) in [5, 5.41) is 0. The lowest BCUT2D eigenvalue weighted by Crippen LogP contribution is -2.47. The molecule has 1 unspecified atom stereocenters. The van der Waals surface area contributed by atoms with E-state index in [1.807, 2.05) is 0 Å². The number of hydrogen-bond acceptors (Lipinski definition) is 3. The quantitative estimate of drug-likeness (QED) is 0.523. The zero-order valence-electron chi connectivity index (χ0n) is 7.05. The van der Waals surface area contributed by atoms with E-state index in [4.69, 9.17) is 0 Å². The largest absolute Gasteiger partial charge is 0.349 e. The minimum absolute atomic E-state index is 0.159. The van der Waals surface area contributed by atoms with E-state index in [9.17, 15) is 4.79 Å². The fraction of sp³-hybridized carbons (Fsp3) is 0.857. The number of hydrazine groups is 1. The molecule has 2 N–H and O–H groups in total. The molecule has 11 heavy (non-hydrogen) atoms. The van der Waals surface area contributed by atoms with E-state index in [1.165, 1.54) is 0 Å². The molecule has 1 aliphatic rings. The Kier molecular flexibility index (Phi) is 2.84. The highest BCUT2D eigenvalue weighted by Crippen LogP contribution is 2.06. The maximum atomic E-state index is 11.4. The summed E-state index contributed by atoms with van der Waals surface area (Å²) in [6, 6.07) is 0. The van der Waals surface area contributed by atoms with Crippen LogP contribution in [0.25, 0.3) is 0 Å². The first-order valence-electron chi connectivity index (χ1n) is 3.88. The van der Waals surface area contributed by atoms with Gasteiger partial charge in [-0.2, -0.15) is 0 Å². The Balaban J connectivity index is 2.39. The van der Waals surface area contributed by atoms with Gasteiger partial charge >= 0.3 is 0 Å². The van der Waals surface area contributed by atoms with Crippen LogP contribution in [0.4, 0.5) is 0 Å². The summed E-state index contributed by atoms with van der Waals surface area (Å²) in [5.41, 5.74) is 5.96. The highest BCUT2D eigenvalue weighted by molar-refractivity contribution is 5.78. The first kappa shape index (κ1) is 8.49. The Morgan fingerprint density at radius 1 is 1.45 bits per heavy atom. The Morgan fingerprint density at radius 3 is 2.64 bits per heavy atom. The Labute approximate surface area is 66.9 Å². The first-order valence-corrected chi connectivity index (χ1v) is 3.88. The van der Waals surface area contributed by atoms with E-state index in [1.54, 1.807) is 19.0 Å². The van der Waals surface area contributed by atoms with Crippen LogP contribution < -0.4 is 10.9 Å². The smallest absolute Gasteiger partial charge is 0.226 e. The van der Waals surface area contributed by atoms with Crippen molar-refractivity contribution in [2.75, 3.05) is 27.2 Å². The van der Waals surface area contributed by atoms with Crippen LogP contribution in [-0.2, 0) is 4.79 Å². The third-order valence-corrected chi connectivity index (χ3v) is 1.88. The van der Waals surface area contributed by atoms with Crippen LogP contribution in [0.3, 0.4) is 0 Å². The summed E-state index contributed by atoms with van der Waals surface area (Å²) in [7, 11) is 3.59. The first-order chi connectivity index (χ1) is 5.22. The number of nitrogens with one attached hydrogen (secondary N) is 2. The van der Waals surface area contributed by atoms with Crippen molar-refractivity contribution < 1.29 is 4.79 Å². The van der Waals surface area contributed by atoms with Crippen LogP contribution in [0.15, 0.2) is 0 Å². The van der Waals surface area contributed by atoms with Crippen LogP contribution in [0.1, 0.15) is 6.42 Å². The maximum Gasteiger partial charge on any atom is 0.226 e. The second kappa shape index (κ2) is 3.69. The van der Waals surface area contributed by atoms with Gasteiger partial charge in [-0.3, -0.25) is 15.6 Å². The van der Waals surface area contributed by atoms with Crippen molar-refractivity contribution in [3.63, 3.8) is 0 Å². The molecule has 0 aromatic heterocycles. The average Bonchev–Trinajstić information content (AvgIpc) is 2.05. The van der Waals surface area contributed by atoms with E-state index in [0.29, 0.717) is 0 Å². The van der Waals surface area contributed by atoms with Crippen LogP contribution in [0.5, 0.6) is 0 Å². The predicted octanol–water partition coefficient (Wildman–Crippen LogP) is -0.811. The zero-order valence-corrected chi connectivity index (χ0v) is 7.05. The Morgan fingerprint density at radius 2 is 2.18 bits per heavy atom. The molecule has 1 atom stereocenters. The van der Waals surface area contributed by atoms with Crippen molar-refractivity contribution in [2.45, 2.75) is 6.42 Å². The standard InChI is InChI=1S/C7H15N3O/c1-10(2)7(11)6-3-4-8-9-5-6/h6,8-9H,3-5H2,1-2H3. The fourth-order valence-electron chi connectivity index (χ4n) is 1.21. The molecule has 1 fully saturated rings. The number of rotatable bonds is 1. The number of hydrogen-bond donors (Lipinski definition) is 2. The lowest BCUT2D eigenvalue weighted by atomic mass is 10.0. The van der Waals surface area contributed by atoms with Crippen molar-refractivity contribution in [1.29, 1.82) is 0 Å². The molecule has 0 saturated carbocycles. The van der Waals surface area contributed by atoms with Gasteiger partial charge in [0.25, 0.3) is 0 Å². The number of nitrogens with zero attached hydrogens (tertiary/aromatic N) is 1. The summed E-state index contributed by atoms with van der Waals surface area (Å²) < 4.78 is 0. The van der Waals surface area contributed by atoms with Gasteiger partial charge in [0.1, 0.15) is 0 Å². The molecule has 4 heteroatoms. The normalized spacial score (nSPS) is 24.7.